The summed E-state index contributed by atoms with van der Waals surface area (Å²) in [6.07, 6.45) is 47.5. The van der Waals surface area contributed by atoms with Crippen molar-refractivity contribution in [2.24, 2.45) is 0 Å². The molecule has 0 radical (unpaired) electrons. The minimum atomic E-state index is -0.839. The number of carbonyl (C=O) groups excluding carboxylic acids is 1. The highest BCUT2D eigenvalue weighted by Crippen LogP contribution is 2.14. The molecule has 0 aromatic carbocycles. The molecular weight excluding hydrogens is 566 g/mol. The molecule has 0 heterocycles. The summed E-state index contributed by atoms with van der Waals surface area (Å²) in [6.45, 7) is 2.61. The molecule has 0 saturated heterocycles. The molecule has 0 aliphatic heterocycles. The van der Waals surface area contributed by atoms with Gasteiger partial charge in [-0.15, -0.1) is 0 Å². The fourth-order valence-electron chi connectivity index (χ4n) is 6.16. The van der Waals surface area contributed by atoms with Gasteiger partial charge in [-0.2, -0.15) is 0 Å². The van der Waals surface area contributed by atoms with Gasteiger partial charge in [0.2, 0.25) is 5.91 Å². The molecule has 4 nitrogen and oxygen atoms in total. The molecule has 0 bridgehead atoms. The number of rotatable bonds is 37. The van der Waals surface area contributed by atoms with Crippen LogP contribution in [0.4, 0.5) is 0 Å². The van der Waals surface area contributed by atoms with Crippen LogP contribution < -0.4 is 5.32 Å². The van der Waals surface area contributed by atoms with Crippen LogP contribution in [0.5, 0.6) is 0 Å². The van der Waals surface area contributed by atoms with E-state index in [0.717, 1.165) is 32.1 Å². The van der Waals surface area contributed by atoms with Gasteiger partial charge in [0.05, 0.1) is 18.8 Å². The predicted octanol–water partition coefficient (Wildman–Crippen LogP) is 12.5. The van der Waals surface area contributed by atoms with E-state index < -0.39 is 12.1 Å². The summed E-state index contributed by atoms with van der Waals surface area (Å²) >= 11 is 0. The average molecular weight is 649 g/mol. The summed E-state index contributed by atoms with van der Waals surface area (Å²) in [5.74, 6) is -0.0691. The van der Waals surface area contributed by atoms with Crippen molar-refractivity contribution in [1.29, 1.82) is 0 Å². The van der Waals surface area contributed by atoms with E-state index in [1.807, 2.05) is 6.08 Å². The Morgan fingerprint density at radius 2 is 0.935 bits per heavy atom. The van der Waals surface area contributed by atoms with E-state index in [-0.39, 0.29) is 12.5 Å². The summed E-state index contributed by atoms with van der Waals surface area (Å²) in [4.78, 5) is 12.3. The van der Waals surface area contributed by atoms with Crippen molar-refractivity contribution in [3.05, 3.63) is 24.3 Å². The van der Waals surface area contributed by atoms with E-state index in [4.69, 9.17) is 1.37 Å². The molecule has 3 N–H and O–H groups in total. The third-order valence-electron chi connectivity index (χ3n) is 9.33. The molecule has 0 saturated carbocycles. The van der Waals surface area contributed by atoms with Crippen LogP contribution in [0.2, 0.25) is 0 Å². The van der Waals surface area contributed by atoms with E-state index >= 15 is 0 Å². The Morgan fingerprint density at radius 3 is 1.35 bits per heavy atom. The molecule has 272 valence electrons. The van der Waals surface area contributed by atoms with E-state index in [9.17, 15) is 15.0 Å². The maximum absolute atomic E-state index is 12.3. The lowest BCUT2D eigenvalue weighted by molar-refractivity contribution is -0.123. The monoisotopic (exact) mass is 649 g/mol. The molecule has 46 heavy (non-hydrogen) atoms. The van der Waals surface area contributed by atoms with Gasteiger partial charge in [-0.1, -0.05) is 192 Å². The van der Waals surface area contributed by atoms with Gasteiger partial charge in [0, 0.05) is 7.79 Å². The number of amides is 1. The second kappa shape index (κ2) is 38.3. The van der Waals surface area contributed by atoms with E-state index in [2.05, 4.69) is 24.4 Å². The fourth-order valence-corrected chi connectivity index (χ4v) is 6.16. The van der Waals surface area contributed by atoms with Gasteiger partial charge < -0.3 is 15.5 Å². The molecule has 0 aliphatic rings. The number of aliphatic hydroxyl groups is 2. The number of carbonyl (C=O) groups is 1. The summed E-state index contributed by atoms with van der Waals surface area (Å²) in [5.41, 5.74) is 0. The predicted molar refractivity (Wildman–Crippen MR) is 202 cm³/mol. The standard InChI is InChI=1S/C42H81NO3/c1-3-5-7-9-11-13-15-17-18-19-20-21-22-23-24-26-28-30-32-34-36-38-42(46)43-40(39-44)41(45)37-35-33-31-29-27-25-16-14-12-10-8-6-4-2/h17-18,35,37,40-41,44-45H,3-16,19-34,36,38-39H2,1-2H3,(H,43,46)/b18-17-,37-35+/t40-,41+/m0/s1/i1D. The summed E-state index contributed by atoms with van der Waals surface area (Å²) in [5, 5.41) is 22.9. The fraction of sp³-hybridized carbons (Fsp3) is 0.881. The lowest BCUT2D eigenvalue weighted by Gasteiger charge is -2.20. The topological polar surface area (TPSA) is 69.6 Å². The van der Waals surface area contributed by atoms with Crippen LogP contribution in [-0.2, 0) is 4.79 Å². The number of unbranched alkanes of at least 4 members (excludes halogenated alkanes) is 28. The molecule has 0 aliphatic carbocycles. The van der Waals surface area contributed by atoms with Crippen molar-refractivity contribution >= 4 is 5.91 Å². The largest absolute Gasteiger partial charge is 0.394 e. The molecule has 0 fully saturated rings. The Hall–Kier alpha value is -1.13. The number of allylic oxidation sites excluding steroid dienone is 3. The van der Waals surface area contributed by atoms with Crippen molar-refractivity contribution in [3.63, 3.8) is 0 Å². The van der Waals surface area contributed by atoms with Crippen LogP contribution in [0.25, 0.3) is 0 Å². The maximum Gasteiger partial charge on any atom is 0.220 e. The van der Waals surface area contributed by atoms with Gasteiger partial charge in [-0.05, 0) is 44.9 Å². The highest BCUT2D eigenvalue weighted by atomic mass is 16.3. The van der Waals surface area contributed by atoms with Gasteiger partial charge in [-0.3, -0.25) is 4.79 Å². The Labute approximate surface area is 289 Å². The Morgan fingerprint density at radius 1 is 0.565 bits per heavy atom. The smallest absolute Gasteiger partial charge is 0.220 e. The lowest BCUT2D eigenvalue weighted by atomic mass is 10.0. The molecular formula is C42H81NO3. The third-order valence-corrected chi connectivity index (χ3v) is 9.33. The molecule has 2 atom stereocenters. The van der Waals surface area contributed by atoms with Crippen molar-refractivity contribution in [2.45, 2.75) is 231 Å². The second-order valence-electron chi connectivity index (χ2n) is 13.9. The van der Waals surface area contributed by atoms with Crippen molar-refractivity contribution in [2.75, 3.05) is 6.61 Å². The zero-order chi connectivity index (χ0) is 34.3. The SMILES string of the molecule is [2H]CCCCCCCC/C=C\CCCCCCCCCCCCCC(=O)N[C@@H](CO)[C@H](O)/C=C/CCCCCCCCCCCCC. The molecule has 1 amide bonds. The van der Waals surface area contributed by atoms with Crippen LogP contribution in [0.1, 0.15) is 221 Å². The summed E-state index contributed by atoms with van der Waals surface area (Å²) < 4.78 is 7.16. The lowest BCUT2D eigenvalue weighted by Crippen LogP contribution is -2.45. The van der Waals surface area contributed by atoms with Crippen molar-refractivity contribution in [3.8, 4) is 0 Å². The van der Waals surface area contributed by atoms with Crippen molar-refractivity contribution < 1.29 is 16.4 Å². The van der Waals surface area contributed by atoms with E-state index in [1.165, 1.54) is 167 Å². The minimum absolute atomic E-state index is 0.0691. The quantitative estimate of drug-likeness (QED) is 0.0464. The Bertz CT molecular complexity index is 683. The minimum Gasteiger partial charge on any atom is -0.394 e. The zero-order valence-corrected chi connectivity index (χ0v) is 30.8. The number of aliphatic hydroxyl groups excluding tert-OH is 2. The van der Waals surface area contributed by atoms with Crippen LogP contribution in [0, 0.1) is 0 Å². The van der Waals surface area contributed by atoms with Crippen LogP contribution in [-0.4, -0.2) is 34.9 Å². The van der Waals surface area contributed by atoms with Gasteiger partial charge >= 0.3 is 0 Å². The number of hydrogen-bond acceptors (Lipinski definition) is 3. The van der Waals surface area contributed by atoms with Crippen LogP contribution in [0.15, 0.2) is 24.3 Å². The van der Waals surface area contributed by atoms with Gasteiger partial charge in [0.1, 0.15) is 0 Å². The highest BCUT2D eigenvalue weighted by molar-refractivity contribution is 5.76. The first-order chi connectivity index (χ1) is 23.2. The number of hydrogen-bond donors (Lipinski definition) is 3. The number of nitrogens with one attached hydrogen (secondary N) is 1. The zero-order valence-electron chi connectivity index (χ0n) is 31.8. The normalized spacial score (nSPS) is 13.5. The Kier molecular flexibility index (Phi) is 35.7. The van der Waals surface area contributed by atoms with Gasteiger partial charge in [0.25, 0.3) is 0 Å². The third kappa shape index (κ3) is 34.2. The highest BCUT2D eigenvalue weighted by Gasteiger charge is 2.17. The molecule has 0 aromatic rings. The van der Waals surface area contributed by atoms with Crippen LogP contribution in [0.3, 0.4) is 0 Å². The van der Waals surface area contributed by atoms with E-state index in [1.54, 1.807) is 6.08 Å². The summed E-state index contributed by atoms with van der Waals surface area (Å²) in [6, 6.07) is -0.622. The maximum atomic E-state index is 12.3. The van der Waals surface area contributed by atoms with E-state index in [0.29, 0.717) is 13.3 Å². The summed E-state index contributed by atoms with van der Waals surface area (Å²) in [7, 11) is 0. The second-order valence-corrected chi connectivity index (χ2v) is 13.9. The molecule has 0 unspecified atom stereocenters. The van der Waals surface area contributed by atoms with Crippen LogP contribution >= 0.6 is 0 Å². The first-order valence-corrected chi connectivity index (χ1v) is 20.3. The Balaban J connectivity index is 3.54. The first kappa shape index (κ1) is 42.9. The average Bonchev–Trinajstić information content (AvgIpc) is 3.07. The molecule has 0 spiro atoms. The molecule has 4 heteroatoms. The first-order valence-electron chi connectivity index (χ1n) is 21.1. The van der Waals surface area contributed by atoms with Crippen molar-refractivity contribution in [1.82, 2.24) is 5.32 Å². The molecule has 0 aromatic heterocycles. The van der Waals surface area contributed by atoms with Gasteiger partial charge in [-0.25, -0.2) is 0 Å². The van der Waals surface area contributed by atoms with Gasteiger partial charge in [0.15, 0.2) is 0 Å². The molecule has 0 rings (SSSR count).